The summed E-state index contributed by atoms with van der Waals surface area (Å²) in [5.41, 5.74) is 4.00. The number of hydrogen-bond acceptors (Lipinski definition) is 7. The summed E-state index contributed by atoms with van der Waals surface area (Å²) in [7, 11) is 3.85. The highest BCUT2D eigenvalue weighted by Gasteiger charge is 2.29. The summed E-state index contributed by atoms with van der Waals surface area (Å²) in [5.74, 6) is 2.48. The van der Waals surface area contributed by atoms with Crippen molar-refractivity contribution in [3.8, 4) is 17.3 Å². The van der Waals surface area contributed by atoms with E-state index in [9.17, 15) is 0 Å². The third-order valence-electron chi connectivity index (χ3n) is 6.82. The number of fused-ring (bicyclic) bond motifs is 1. The SMILES string of the molecule is COc1ccc(Cn2nc(N3C=CC=NC3N3CCN(C)CC3)cc2-c2nc3ccccc3[nH]2)cc1. The van der Waals surface area contributed by atoms with E-state index in [1.807, 2.05) is 53.4 Å². The first-order chi connectivity index (χ1) is 17.7. The molecule has 9 nitrogen and oxygen atoms in total. The van der Waals surface area contributed by atoms with Gasteiger partial charge in [0, 0.05) is 44.7 Å². The summed E-state index contributed by atoms with van der Waals surface area (Å²) in [5, 5.41) is 5.07. The molecule has 1 N–H and O–H groups in total. The van der Waals surface area contributed by atoms with Gasteiger partial charge in [0.1, 0.15) is 11.4 Å². The Morgan fingerprint density at radius 3 is 2.61 bits per heavy atom. The first-order valence-electron chi connectivity index (χ1n) is 12.2. The minimum Gasteiger partial charge on any atom is -0.497 e. The molecule has 2 aliphatic heterocycles. The maximum Gasteiger partial charge on any atom is 0.183 e. The van der Waals surface area contributed by atoms with Gasteiger partial charge in [-0.2, -0.15) is 5.10 Å². The highest BCUT2D eigenvalue weighted by Crippen LogP contribution is 2.29. The zero-order valence-electron chi connectivity index (χ0n) is 20.6. The van der Waals surface area contributed by atoms with Gasteiger partial charge in [-0.1, -0.05) is 24.3 Å². The molecule has 0 saturated carbocycles. The summed E-state index contributed by atoms with van der Waals surface area (Å²) in [6, 6.07) is 18.3. The lowest BCUT2D eigenvalue weighted by Crippen LogP contribution is -2.54. The fourth-order valence-corrected chi connectivity index (χ4v) is 4.74. The van der Waals surface area contributed by atoms with Crippen molar-refractivity contribution in [3.05, 3.63) is 72.4 Å². The molecule has 2 aliphatic rings. The van der Waals surface area contributed by atoms with Gasteiger partial charge in [0.15, 0.2) is 17.9 Å². The van der Waals surface area contributed by atoms with Crippen molar-refractivity contribution in [1.82, 2.24) is 29.5 Å². The standard InChI is InChI=1S/C27H30N8O/c1-32-14-16-33(17-15-32)27-28-12-5-13-34(27)25-18-24(26-29-22-6-3-4-7-23(22)30-26)35(31-25)19-20-8-10-21(36-2)11-9-20/h3-13,18,27H,14-17,19H2,1-2H3,(H,29,30). The normalized spacial score (nSPS) is 18.8. The molecule has 4 aromatic rings. The van der Waals surface area contributed by atoms with Gasteiger partial charge >= 0.3 is 0 Å². The Balaban J connectivity index is 1.38. The number of anilines is 1. The van der Waals surface area contributed by atoms with E-state index in [4.69, 9.17) is 19.8 Å². The van der Waals surface area contributed by atoms with Crippen LogP contribution in [0.15, 0.2) is 71.9 Å². The molecule has 1 fully saturated rings. The Kier molecular flexibility index (Phi) is 6.00. The molecule has 0 spiro atoms. The van der Waals surface area contributed by atoms with Crippen LogP contribution in [0.3, 0.4) is 0 Å². The van der Waals surface area contributed by atoms with Crippen molar-refractivity contribution in [2.24, 2.45) is 4.99 Å². The van der Waals surface area contributed by atoms with Gasteiger partial charge in [0.05, 0.1) is 24.7 Å². The van der Waals surface area contributed by atoms with Crippen LogP contribution in [-0.4, -0.2) is 82.4 Å². The molecule has 0 aliphatic carbocycles. The van der Waals surface area contributed by atoms with E-state index < -0.39 is 0 Å². The number of likely N-dealkylation sites (N-methyl/N-ethyl adjacent to an activating group) is 1. The number of piperazine rings is 1. The Morgan fingerprint density at radius 2 is 1.83 bits per heavy atom. The number of methoxy groups -OCH3 is 1. The number of nitrogens with one attached hydrogen (secondary N) is 1. The van der Waals surface area contributed by atoms with E-state index in [1.165, 1.54) is 0 Å². The predicted molar refractivity (Wildman–Crippen MR) is 142 cm³/mol. The average molecular weight is 483 g/mol. The van der Waals surface area contributed by atoms with Gasteiger partial charge in [-0.15, -0.1) is 0 Å². The highest BCUT2D eigenvalue weighted by molar-refractivity contribution is 5.79. The van der Waals surface area contributed by atoms with Crippen molar-refractivity contribution >= 4 is 23.1 Å². The fourth-order valence-electron chi connectivity index (χ4n) is 4.74. The Bertz CT molecular complexity index is 1360. The summed E-state index contributed by atoms with van der Waals surface area (Å²) in [6.45, 7) is 4.59. The number of imidazole rings is 1. The number of H-pyrrole nitrogens is 1. The Morgan fingerprint density at radius 1 is 1.03 bits per heavy atom. The summed E-state index contributed by atoms with van der Waals surface area (Å²) in [4.78, 5) is 20.1. The maximum absolute atomic E-state index is 5.33. The van der Waals surface area contributed by atoms with Crippen LogP contribution in [0, 0.1) is 0 Å². The van der Waals surface area contributed by atoms with Gasteiger partial charge in [0.2, 0.25) is 0 Å². The van der Waals surface area contributed by atoms with Gasteiger partial charge in [0.25, 0.3) is 0 Å². The molecule has 0 bridgehead atoms. The van der Waals surface area contributed by atoms with Crippen molar-refractivity contribution in [1.29, 1.82) is 0 Å². The number of hydrogen-bond donors (Lipinski definition) is 1. The van der Waals surface area contributed by atoms with Gasteiger partial charge in [-0.05, 0) is 43.0 Å². The Hall–Kier alpha value is -3.95. The van der Waals surface area contributed by atoms with Crippen LogP contribution in [0.2, 0.25) is 0 Å². The number of allylic oxidation sites excluding steroid dienone is 1. The topological polar surface area (TPSA) is 77.8 Å². The number of benzene rings is 2. The number of aliphatic imine (C=N–C) groups is 1. The predicted octanol–water partition coefficient (Wildman–Crippen LogP) is 3.42. The highest BCUT2D eigenvalue weighted by atomic mass is 16.5. The van der Waals surface area contributed by atoms with Crippen LogP contribution < -0.4 is 9.64 Å². The fraction of sp³-hybridized carbons (Fsp3) is 0.296. The zero-order valence-corrected chi connectivity index (χ0v) is 20.6. The van der Waals surface area contributed by atoms with Crippen LogP contribution in [0.5, 0.6) is 5.75 Å². The smallest absolute Gasteiger partial charge is 0.183 e. The lowest BCUT2D eigenvalue weighted by Gasteiger charge is -2.40. The second-order valence-corrected chi connectivity index (χ2v) is 9.23. The monoisotopic (exact) mass is 482 g/mol. The lowest BCUT2D eigenvalue weighted by molar-refractivity contribution is 0.116. The molecule has 2 aromatic carbocycles. The minimum atomic E-state index is -0.114. The third kappa shape index (κ3) is 4.38. The van der Waals surface area contributed by atoms with Gasteiger partial charge in [-0.25, -0.2) is 4.98 Å². The molecule has 0 amide bonds. The van der Waals surface area contributed by atoms with Gasteiger partial charge in [-0.3, -0.25) is 19.5 Å². The molecule has 6 rings (SSSR count). The number of aromatic amines is 1. The van der Waals surface area contributed by atoms with E-state index in [0.717, 1.165) is 65.9 Å². The van der Waals surface area contributed by atoms with Crippen molar-refractivity contribution in [3.63, 3.8) is 0 Å². The van der Waals surface area contributed by atoms with E-state index in [0.29, 0.717) is 6.54 Å². The number of aromatic nitrogens is 4. The summed E-state index contributed by atoms with van der Waals surface area (Å²) >= 11 is 0. The number of para-hydroxylation sites is 2. The van der Waals surface area contributed by atoms with Crippen LogP contribution in [0.1, 0.15) is 5.56 Å². The lowest BCUT2D eigenvalue weighted by atomic mass is 10.2. The van der Waals surface area contributed by atoms with Crippen LogP contribution >= 0.6 is 0 Å². The quantitative estimate of drug-likeness (QED) is 0.454. The number of ether oxygens (including phenoxy) is 1. The number of rotatable bonds is 6. The molecule has 184 valence electrons. The first-order valence-corrected chi connectivity index (χ1v) is 12.2. The van der Waals surface area contributed by atoms with Crippen LogP contribution in [-0.2, 0) is 6.54 Å². The molecular formula is C27H30N8O. The molecule has 2 aromatic heterocycles. The zero-order chi connectivity index (χ0) is 24.5. The molecule has 1 atom stereocenters. The molecule has 1 saturated heterocycles. The Labute approximate surface area is 210 Å². The second-order valence-electron chi connectivity index (χ2n) is 9.23. The van der Waals surface area contributed by atoms with Crippen LogP contribution in [0.25, 0.3) is 22.6 Å². The first kappa shape index (κ1) is 22.5. The second kappa shape index (κ2) is 9.60. The van der Waals surface area contributed by atoms with E-state index in [2.05, 4.69) is 51.1 Å². The van der Waals surface area contributed by atoms with Crippen molar-refractivity contribution < 1.29 is 4.74 Å². The molecule has 4 heterocycles. The average Bonchev–Trinajstić information content (AvgIpc) is 3.54. The minimum absolute atomic E-state index is 0.114. The molecule has 0 radical (unpaired) electrons. The van der Waals surface area contributed by atoms with E-state index in [1.54, 1.807) is 7.11 Å². The van der Waals surface area contributed by atoms with Crippen molar-refractivity contribution in [2.45, 2.75) is 12.8 Å². The maximum atomic E-state index is 5.33. The van der Waals surface area contributed by atoms with E-state index >= 15 is 0 Å². The summed E-state index contributed by atoms with van der Waals surface area (Å²) in [6.07, 6.45) is 5.80. The summed E-state index contributed by atoms with van der Waals surface area (Å²) < 4.78 is 7.35. The molecule has 1 unspecified atom stereocenters. The number of nitrogens with zero attached hydrogens (tertiary/aromatic N) is 7. The third-order valence-corrected chi connectivity index (χ3v) is 6.82. The molecular weight excluding hydrogens is 452 g/mol. The molecule has 36 heavy (non-hydrogen) atoms. The van der Waals surface area contributed by atoms with Crippen molar-refractivity contribution in [2.75, 3.05) is 45.2 Å². The largest absolute Gasteiger partial charge is 0.497 e. The van der Waals surface area contributed by atoms with E-state index in [-0.39, 0.29) is 6.29 Å². The van der Waals surface area contributed by atoms with Crippen LogP contribution in [0.4, 0.5) is 5.82 Å². The van der Waals surface area contributed by atoms with Gasteiger partial charge < -0.3 is 14.6 Å². The molecule has 9 heteroatoms.